The number of nitrogens with one attached hydrogen (secondary N) is 1. The number of hydrogen-bond donors (Lipinski definition) is 1. The van der Waals surface area contributed by atoms with Crippen molar-refractivity contribution in [2.75, 3.05) is 12.1 Å². The summed E-state index contributed by atoms with van der Waals surface area (Å²) >= 11 is 0. The molecule has 1 N–H and O–H groups in total. The maximum absolute atomic E-state index is 5.33. The van der Waals surface area contributed by atoms with Crippen molar-refractivity contribution >= 4 is 5.69 Å². The van der Waals surface area contributed by atoms with Crippen LogP contribution in [0, 0.1) is 13.8 Å². The lowest BCUT2D eigenvalue weighted by molar-refractivity contribution is 0.411. The van der Waals surface area contributed by atoms with Crippen LogP contribution in [0.4, 0.5) is 5.69 Å². The number of methoxy groups -OCH3 is 1. The van der Waals surface area contributed by atoms with E-state index in [-0.39, 0.29) is 0 Å². The molecule has 0 saturated carbocycles. The highest BCUT2D eigenvalue weighted by atomic mass is 16.5. The number of rotatable bonds is 2. The number of hydrazine groups is 1. The van der Waals surface area contributed by atoms with Gasteiger partial charge in [0.2, 0.25) is 0 Å². The zero-order valence-corrected chi connectivity index (χ0v) is 9.82. The van der Waals surface area contributed by atoms with Crippen molar-refractivity contribution in [3.05, 3.63) is 47.8 Å². The third-order valence-electron chi connectivity index (χ3n) is 2.70. The molecule has 0 unspecified atom stereocenters. The van der Waals surface area contributed by atoms with E-state index in [0.29, 0.717) is 0 Å². The maximum Gasteiger partial charge on any atom is 0.123 e. The largest absolute Gasteiger partial charge is 0.496 e. The molecule has 3 nitrogen and oxygen atoms in total. The third kappa shape index (κ3) is 1.76. The summed E-state index contributed by atoms with van der Waals surface area (Å²) in [6, 6.07) is 4.06. The molecular formula is C13H16N2O. The Morgan fingerprint density at radius 2 is 2.00 bits per heavy atom. The Kier molecular flexibility index (Phi) is 2.86. The van der Waals surface area contributed by atoms with Crippen molar-refractivity contribution in [1.82, 2.24) is 5.43 Å². The molecular weight excluding hydrogens is 200 g/mol. The smallest absolute Gasteiger partial charge is 0.123 e. The van der Waals surface area contributed by atoms with E-state index in [9.17, 15) is 0 Å². The predicted molar refractivity (Wildman–Crippen MR) is 66.4 cm³/mol. The molecule has 0 saturated heterocycles. The summed E-state index contributed by atoms with van der Waals surface area (Å²) in [6.07, 6.45) is 7.85. The maximum atomic E-state index is 5.33. The van der Waals surface area contributed by atoms with Crippen molar-refractivity contribution in [3.8, 4) is 5.75 Å². The van der Waals surface area contributed by atoms with Crippen LogP contribution >= 0.6 is 0 Å². The van der Waals surface area contributed by atoms with Crippen molar-refractivity contribution in [2.45, 2.75) is 13.8 Å². The Labute approximate surface area is 96.0 Å². The van der Waals surface area contributed by atoms with Crippen molar-refractivity contribution in [1.29, 1.82) is 0 Å². The van der Waals surface area contributed by atoms with Crippen LogP contribution < -0.4 is 15.2 Å². The summed E-state index contributed by atoms with van der Waals surface area (Å²) in [5.74, 6) is 0.908. The average Bonchev–Trinajstić information content (AvgIpc) is 2.31. The molecule has 0 spiro atoms. The zero-order chi connectivity index (χ0) is 11.5. The second-order valence-electron chi connectivity index (χ2n) is 3.76. The van der Waals surface area contributed by atoms with E-state index in [1.807, 2.05) is 35.6 Å². The van der Waals surface area contributed by atoms with Gasteiger partial charge in [0.25, 0.3) is 0 Å². The molecule has 1 heterocycles. The number of anilines is 1. The lowest BCUT2D eigenvalue weighted by Gasteiger charge is -2.26. The second-order valence-corrected chi connectivity index (χ2v) is 3.76. The summed E-state index contributed by atoms with van der Waals surface area (Å²) in [6.45, 7) is 4.16. The average molecular weight is 216 g/mol. The van der Waals surface area contributed by atoms with Gasteiger partial charge in [-0.25, -0.2) is 0 Å². The quantitative estimate of drug-likeness (QED) is 0.822. The van der Waals surface area contributed by atoms with Crippen molar-refractivity contribution < 1.29 is 4.74 Å². The first-order chi connectivity index (χ1) is 7.74. The van der Waals surface area contributed by atoms with Gasteiger partial charge in [0, 0.05) is 18.0 Å². The third-order valence-corrected chi connectivity index (χ3v) is 2.70. The fourth-order valence-corrected chi connectivity index (χ4v) is 1.91. The van der Waals surface area contributed by atoms with Crippen LogP contribution in [0.3, 0.4) is 0 Å². The van der Waals surface area contributed by atoms with Gasteiger partial charge in [0.15, 0.2) is 0 Å². The summed E-state index contributed by atoms with van der Waals surface area (Å²) in [5.41, 5.74) is 6.67. The molecule has 84 valence electrons. The first-order valence-electron chi connectivity index (χ1n) is 5.27. The highest BCUT2D eigenvalue weighted by Crippen LogP contribution is 2.31. The van der Waals surface area contributed by atoms with Gasteiger partial charge in [-0.2, -0.15) is 0 Å². The van der Waals surface area contributed by atoms with Crippen LogP contribution in [0.2, 0.25) is 0 Å². The van der Waals surface area contributed by atoms with Gasteiger partial charge >= 0.3 is 0 Å². The molecule has 0 aromatic heterocycles. The Balaban J connectivity index is 2.46. The predicted octanol–water partition coefficient (Wildman–Crippen LogP) is 2.66. The summed E-state index contributed by atoms with van der Waals surface area (Å²) < 4.78 is 5.33. The molecule has 0 fully saturated rings. The molecule has 3 heteroatoms. The molecule has 0 aliphatic carbocycles. The molecule has 0 bridgehead atoms. The van der Waals surface area contributed by atoms with Gasteiger partial charge < -0.3 is 10.2 Å². The van der Waals surface area contributed by atoms with Gasteiger partial charge in [-0.3, -0.25) is 5.01 Å². The van der Waals surface area contributed by atoms with Crippen LogP contribution in [-0.4, -0.2) is 7.11 Å². The fraction of sp³-hybridized carbons (Fsp3) is 0.231. The van der Waals surface area contributed by atoms with Gasteiger partial charge in [-0.15, -0.1) is 0 Å². The van der Waals surface area contributed by atoms with Gasteiger partial charge in [0.05, 0.1) is 12.8 Å². The van der Waals surface area contributed by atoms with E-state index in [1.54, 1.807) is 7.11 Å². The number of nitrogens with zero attached hydrogens (tertiary/aromatic N) is 1. The summed E-state index contributed by atoms with van der Waals surface area (Å²) in [7, 11) is 1.70. The van der Waals surface area contributed by atoms with Crippen LogP contribution in [-0.2, 0) is 0 Å². The number of hydrogen-bond acceptors (Lipinski definition) is 3. The summed E-state index contributed by atoms with van der Waals surface area (Å²) in [5, 5.41) is 1.99. The summed E-state index contributed by atoms with van der Waals surface area (Å²) in [4.78, 5) is 0. The standard InChI is InChI=1S/C13H16N2O/c1-10-6-7-12(16-3)11(2)13(10)15-9-5-4-8-14-15/h4-9,14H,1-3H3. The van der Waals surface area contributed by atoms with Gasteiger partial charge in [0.1, 0.15) is 5.75 Å². The molecule has 0 radical (unpaired) electrons. The fourth-order valence-electron chi connectivity index (χ4n) is 1.91. The number of allylic oxidation sites excluding steroid dienone is 2. The van der Waals surface area contributed by atoms with Crippen LogP contribution in [0.1, 0.15) is 11.1 Å². The molecule has 0 amide bonds. The van der Waals surface area contributed by atoms with Crippen LogP contribution in [0.5, 0.6) is 5.75 Å². The minimum absolute atomic E-state index is 0.908. The van der Waals surface area contributed by atoms with E-state index in [4.69, 9.17) is 4.74 Å². The zero-order valence-electron chi connectivity index (χ0n) is 9.82. The van der Waals surface area contributed by atoms with Crippen LogP contribution in [0.25, 0.3) is 0 Å². The van der Waals surface area contributed by atoms with E-state index in [0.717, 1.165) is 17.0 Å². The lowest BCUT2D eigenvalue weighted by atomic mass is 10.1. The highest BCUT2D eigenvalue weighted by molar-refractivity contribution is 5.65. The second kappa shape index (κ2) is 4.31. The van der Waals surface area contributed by atoms with Gasteiger partial charge in [-0.1, -0.05) is 6.07 Å². The number of benzene rings is 1. The van der Waals surface area contributed by atoms with Crippen LogP contribution in [0.15, 0.2) is 36.7 Å². The van der Waals surface area contributed by atoms with Crippen molar-refractivity contribution in [2.24, 2.45) is 0 Å². The molecule has 1 aliphatic rings. The topological polar surface area (TPSA) is 24.5 Å². The van der Waals surface area contributed by atoms with E-state index in [2.05, 4.69) is 25.3 Å². The normalized spacial score (nSPS) is 13.8. The Morgan fingerprint density at radius 3 is 2.62 bits per heavy atom. The first kappa shape index (κ1) is 10.6. The first-order valence-corrected chi connectivity index (χ1v) is 5.27. The molecule has 0 atom stereocenters. The minimum Gasteiger partial charge on any atom is -0.496 e. The molecule has 1 aromatic carbocycles. The van der Waals surface area contributed by atoms with Crippen molar-refractivity contribution in [3.63, 3.8) is 0 Å². The Bertz CT molecular complexity index is 449. The number of ether oxygens (including phenoxy) is 1. The SMILES string of the molecule is COc1ccc(C)c(N2C=CC=CN2)c1C. The monoisotopic (exact) mass is 216 g/mol. The molecule has 1 aliphatic heterocycles. The minimum atomic E-state index is 0.908. The van der Waals surface area contributed by atoms with Gasteiger partial charge in [-0.05, 0) is 37.6 Å². The van der Waals surface area contributed by atoms with E-state index < -0.39 is 0 Å². The lowest BCUT2D eigenvalue weighted by Crippen LogP contribution is -2.31. The molecule has 2 rings (SSSR count). The Hall–Kier alpha value is -1.90. The molecule has 1 aromatic rings. The number of aryl methyl sites for hydroxylation is 1. The van der Waals surface area contributed by atoms with E-state index >= 15 is 0 Å². The highest BCUT2D eigenvalue weighted by Gasteiger charge is 2.13. The van der Waals surface area contributed by atoms with E-state index in [1.165, 1.54) is 5.56 Å². The molecule has 16 heavy (non-hydrogen) atoms. The Morgan fingerprint density at radius 1 is 1.19 bits per heavy atom.